The number of aromatic nitrogens is 2. The molecule has 1 aliphatic heterocycles. The molecule has 1 aromatic heterocycles. The van der Waals surface area contributed by atoms with Crippen molar-refractivity contribution in [1.29, 1.82) is 0 Å². The fraction of sp³-hybridized carbons (Fsp3) is 0.375. The van der Waals surface area contributed by atoms with Crippen molar-refractivity contribution in [3.63, 3.8) is 0 Å². The summed E-state index contributed by atoms with van der Waals surface area (Å²) in [5, 5.41) is 16.9. The molecule has 0 atom stereocenters. The number of hydrogen-bond donors (Lipinski definition) is 3. The molecule has 1 aromatic carbocycles. The van der Waals surface area contributed by atoms with Crippen LogP contribution in [0.1, 0.15) is 26.0 Å². The number of phenolic OH excluding ortho intramolecular Hbond substituents is 1. The van der Waals surface area contributed by atoms with Crippen LogP contribution < -0.4 is 9.03 Å². The first kappa shape index (κ1) is 18.2. The number of amides is 1. The summed E-state index contributed by atoms with van der Waals surface area (Å²) in [7, 11) is -4.24. The predicted octanol–water partition coefficient (Wildman–Crippen LogP) is 1.69. The van der Waals surface area contributed by atoms with E-state index in [0.29, 0.717) is 15.9 Å². The lowest BCUT2D eigenvalue weighted by molar-refractivity contribution is -0.117. The first-order chi connectivity index (χ1) is 12.2. The van der Waals surface area contributed by atoms with Gasteiger partial charge in [-0.15, -0.1) is 0 Å². The summed E-state index contributed by atoms with van der Waals surface area (Å²) >= 11 is 0. The van der Waals surface area contributed by atoms with E-state index >= 15 is 4.39 Å². The zero-order chi connectivity index (χ0) is 19.1. The van der Waals surface area contributed by atoms with E-state index in [0.717, 1.165) is 18.5 Å². The number of anilines is 1. The third-order valence-electron chi connectivity index (χ3n) is 4.06. The summed E-state index contributed by atoms with van der Waals surface area (Å²) in [5.74, 6) is -1.84. The first-order valence-corrected chi connectivity index (χ1v) is 9.52. The highest BCUT2D eigenvalue weighted by molar-refractivity contribution is 7.92. The maximum Gasteiger partial charge on any atom is 0.326 e. The molecule has 0 bridgehead atoms. The summed E-state index contributed by atoms with van der Waals surface area (Å²) in [6, 6.07) is 4.17. The first-order valence-electron chi connectivity index (χ1n) is 8.08. The molecule has 0 saturated carbocycles. The zero-order valence-corrected chi connectivity index (χ0v) is 15.1. The molecular weight excluding hydrogens is 363 g/mol. The van der Waals surface area contributed by atoms with Crippen LogP contribution in [0.2, 0.25) is 0 Å². The molecule has 1 saturated heterocycles. The number of aryl methyl sites for hydroxylation is 1. The minimum Gasteiger partial charge on any atom is -0.506 e. The van der Waals surface area contributed by atoms with E-state index in [2.05, 4.69) is 24.0 Å². The Morgan fingerprint density at radius 1 is 1.38 bits per heavy atom. The fourth-order valence-electron chi connectivity index (χ4n) is 2.71. The van der Waals surface area contributed by atoms with E-state index in [1.165, 1.54) is 12.1 Å². The summed E-state index contributed by atoms with van der Waals surface area (Å²) < 4.78 is 41.2. The molecule has 10 heteroatoms. The Morgan fingerprint density at radius 2 is 2.12 bits per heavy atom. The normalized spacial score (nSPS) is 16.3. The number of nitrogens with one attached hydrogen (secondary N) is 2. The predicted molar refractivity (Wildman–Crippen MR) is 93.2 cm³/mol. The minimum atomic E-state index is -4.24. The molecule has 0 unspecified atom stereocenters. The lowest BCUT2D eigenvalue weighted by atomic mass is 10.1. The van der Waals surface area contributed by atoms with Gasteiger partial charge in [-0.1, -0.05) is 13.8 Å². The number of phenols is 1. The molecule has 0 aliphatic carbocycles. The summed E-state index contributed by atoms with van der Waals surface area (Å²) in [6.07, 6.45) is 1.68. The quantitative estimate of drug-likeness (QED) is 0.728. The highest BCUT2D eigenvalue weighted by atomic mass is 32.2. The number of carbonyl (C=O) groups is 1. The van der Waals surface area contributed by atoms with Gasteiger partial charge in [-0.25, -0.2) is 13.4 Å². The molecular formula is C16H19FN4O4S. The van der Waals surface area contributed by atoms with E-state index in [1.54, 1.807) is 10.8 Å². The van der Waals surface area contributed by atoms with E-state index < -0.39 is 39.9 Å². The van der Waals surface area contributed by atoms with Gasteiger partial charge >= 0.3 is 10.2 Å². The van der Waals surface area contributed by atoms with Crippen molar-refractivity contribution in [2.24, 2.45) is 5.92 Å². The Labute approximate surface area is 150 Å². The SMILES string of the molecule is CC(C)CCc1cc(-c2ccc(O)c(N3CC(=O)NS3(=O)=O)c2F)n[nH]1. The number of benzene rings is 1. The molecule has 2 heterocycles. The maximum absolute atomic E-state index is 15.0. The number of nitrogens with zero attached hydrogens (tertiary/aromatic N) is 2. The molecule has 0 radical (unpaired) electrons. The smallest absolute Gasteiger partial charge is 0.326 e. The Morgan fingerprint density at radius 3 is 2.73 bits per heavy atom. The lowest BCUT2D eigenvalue weighted by Crippen LogP contribution is -2.30. The molecule has 3 rings (SSSR count). The van der Waals surface area contributed by atoms with Gasteiger partial charge in [-0.05, 0) is 37.0 Å². The van der Waals surface area contributed by atoms with Crippen LogP contribution in [0, 0.1) is 11.7 Å². The van der Waals surface area contributed by atoms with Crippen molar-refractivity contribution < 1.29 is 22.7 Å². The summed E-state index contributed by atoms with van der Waals surface area (Å²) in [6.45, 7) is 3.58. The average molecular weight is 382 g/mol. The van der Waals surface area contributed by atoms with Crippen molar-refractivity contribution in [2.45, 2.75) is 26.7 Å². The summed E-state index contributed by atoms with van der Waals surface area (Å²) in [5.41, 5.74) is 0.568. The van der Waals surface area contributed by atoms with Gasteiger partial charge in [0.05, 0.1) is 5.69 Å². The van der Waals surface area contributed by atoms with Gasteiger partial charge in [-0.3, -0.25) is 9.89 Å². The van der Waals surface area contributed by atoms with Gasteiger partial charge in [0.1, 0.15) is 18.0 Å². The summed E-state index contributed by atoms with van der Waals surface area (Å²) in [4.78, 5) is 11.4. The number of hydrogen-bond acceptors (Lipinski definition) is 5. The van der Waals surface area contributed by atoms with Crippen molar-refractivity contribution in [1.82, 2.24) is 14.9 Å². The van der Waals surface area contributed by atoms with Gasteiger partial charge in [-0.2, -0.15) is 13.5 Å². The molecule has 8 nitrogen and oxygen atoms in total. The number of aromatic amines is 1. The lowest BCUT2D eigenvalue weighted by Gasteiger charge is -2.18. The zero-order valence-electron chi connectivity index (χ0n) is 14.3. The van der Waals surface area contributed by atoms with Crippen molar-refractivity contribution in [3.8, 4) is 17.0 Å². The Hall–Kier alpha value is -2.62. The molecule has 1 fully saturated rings. The second-order valence-corrected chi connectivity index (χ2v) is 8.14. The number of halogens is 1. The van der Waals surface area contributed by atoms with Crippen LogP contribution in [0.4, 0.5) is 10.1 Å². The Balaban J connectivity index is 2.00. The van der Waals surface area contributed by atoms with Crippen LogP contribution in [-0.4, -0.2) is 36.2 Å². The number of aromatic hydroxyl groups is 1. The Kier molecular flexibility index (Phi) is 4.61. The molecule has 1 amide bonds. The highest BCUT2D eigenvalue weighted by Crippen LogP contribution is 2.38. The third-order valence-corrected chi connectivity index (χ3v) is 5.44. The largest absolute Gasteiger partial charge is 0.506 e. The van der Waals surface area contributed by atoms with Gasteiger partial charge in [0.25, 0.3) is 5.91 Å². The number of H-pyrrole nitrogens is 1. The third kappa shape index (κ3) is 3.36. The molecule has 140 valence electrons. The van der Waals surface area contributed by atoms with Gasteiger partial charge < -0.3 is 5.11 Å². The van der Waals surface area contributed by atoms with E-state index in [1.807, 2.05) is 0 Å². The van der Waals surface area contributed by atoms with Crippen LogP contribution in [-0.2, 0) is 21.4 Å². The van der Waals surface area contributed by atoms with Gasteiger partial charge in [0, 0.05) is 11.3 Å². The van der Waals surface area contributed by atoms with Crippen LogP contribution >= 0.6 is 0 Å². The van der Waals surface area contributed by atoms with E-state index in [4.69, 9.17) is 0 Å². The molecule has 1 aliphatic rings. The Bertz CT molecular complexity index is 955. The number of rotatable bonds is 5. The monoisotopic (exact) mass is 382 g/mol. The maximum atomic E-state index is 15.0. The molecule has 26 heavy (non-hydrogen) atoms. The number of carbonyl (C=O) groups excluding carboxylic acids is 1. The van der Waals surface area contributed by atoms with Crippen LogP contribution in [0.5, 0.6) is 5.75 Å². The van der Waals surface area contributed by atoms with Crippen molar-refractivity contribution in [3.05, 3.63) is 29.7 Å². The van der Waals surface area contributed by atoms with Gasteiger partial charge in [0.15, 0.2) is 5.82 Å². The van der Waals surface area contributed by atoms with Crippen molar-refractivity contribution >= 4 is 21.8 Å². The van der Waals surface area contributed by atoms with Crippen LogP contribution in [0.25, 0.3) is 11.3 Å². The van der Waals surface area contributed by atoms with Crippen LogP contribution in [0.3, 0.4) is 0 Å². The second kappa shape index (κ2) is 6.60. The van der Waals surface area contributed by atoms with E-state index in [9.17, 15) is 18.3 Å². The second-order valence-electron chi connectivity index (χ2n) is 6.54. The van der Waals surface area contributed by atoms with E-state index in [-0.39, 0.29) is 5.56 Å². The highest BCUT2D eigenvalue weighted by Gasteiger charge is 2.38. The average Bonchev–Trinajstić information content (AvgIpc) is 3.09. The van der Waals surface area contributed by atoms with Crippen LogP contribution in [0.15, 0.2) is 18.2 Å². The molecule has 3 N–H and O–H groups in total. The standard InChI is InChI=1S/C16H19FN4O4S/c1-9(2)3-4-10-7-12(19-18-10)11-5-6-13(22)16(15(11)17)21-8-14(23)20-26(21,24)25/h5-7,9,22H,3-4,8H2,1-2H3,(H,18,19)(H,20,23). The minimum absolute atomic E-state index is 0.0272. The molecule has 2 aromatic rings. The van der Waals surface area contributed by atoms with Gasteiger partial charge in [0.2, 0.25) is 0 Å². The topological polar surface area (TPSA) is 115 Å². The molecule has 0 spiro atoms. The fourth-order valence-corrected chi connectivity index (χ4v) is 3.87. The van der Waals surface area contributed by atoms with Crippen molar-refractivity contribution in [2.75, 3.05) is 10.8 Å².